The molecular weight excluding hydrogens is 388 g/mol. The monoisotopic (exact) mass is 422 g/mol. The van der Waals surface area contributed by atoms with Gasteiger partial charge in [0.05, 0.1) is 17.8 Å². The van der Waals surface area contributed by atoms with Crippen LogP contribution in [0.1, 0.15) is 67.6 Å². The van der Waals surface area contributed by atoms with E-state index in [1.165, 1.54) is 5.56 Å². The zero-order valence-corrected chi connectivity index (χ0v) is 18.8. The summed E-state index contributed by atoms with van der Waals surface area (Å²) in [7, 11) is 0. The van der Waals surface area contributed by atoms with Crippen LogP contribution in [0.3, 0.4) is 0 Å². The summed E-state index contributed by atoms with van der Waals surface area (Å²) < 4.78 is 6.41. The van der Waals surface area contributed by atoms with Gasteiger partial charge in [0.1, 0.15) is 5.69 Å². The Bertz CT molecular complexity index is 914. The lowest BCUT2D eigenvalue weighted by molar-refractivity contribution is -0.178. The van der Waals surface area contributed by atoms with E-state index < -0.39 is 0 Å². The van der Waals surface area contributed by atoms with E-state index >= 15 is 0 Å². The minimum atomic E-state index is -0.342. The van der Waals surface area contributed by atoms with Gasteiger partial charge in [0.25, 0.3) is 5.91 Å². The van der Waals surface area contributed by atoms with E-state index in [2.05, 4.69) is 48.4 Å². The summed E-state index contributed by atoms with van der Waals surface area (Å²) in [4.78, 5) is 17.2. The van der Waals surface area contributed by atoms with Crippen molar-refractivity contribution in [3.63, 3.8) is 0 Å². The second-order valence-electron chi connectivity index (χ2n) is 9.93. The third-order valence-electron chi connectivity index (χ3n) is 7.20. The van der Waals surface area contributed by atoms with Crippen molar-refractivity contribution in [2.45, 2.75) is 76.1 Å². The van der Waals surface area contributed by atoms with Crippen molar-refractivity contribution >= 4 is 5.91 Å². The van der Waals surface area contributed by atoms with Crippen LogP contribution in [0, 0.1) is 12.8 Å². The number of nitrogens with one attached hydrogen (secondary N) is 1. The number of carbonyl (C=O) groups excluding carboxylic acids is 1. The maximum absolute atomic E-state index is 12.9. The molecule has 5 heteroatoms. The summed E-state index contributed by atoms with van der Waals surface area (Å²) >= 11 is 0. The smallest absolute Gasteiger partial charge is 0.270 e. The van der Waals surface area contributed by atoms with Crippen LogP contribution in [-0.4, -0.2) is 40.4 Å². The van der Waals surface area contributed by atoms with Crippen molar-refractivity contribution in [2.75, 3.05) is 6.54 Å². The number of hydrogen-bond donors (Lipinski definition) is 2. The predicted octanol–water partition coefficient (Wildman–Crippen LogP) is 4.18. The van der Waals surface area contributed by atoms with Gasteiger partial charge in [-0.25, -0.2) is 0 Å². The van der Waals surface area contributed by atoms with Crippen LogP contribution < -0.4 is 5.32 Å². The van der Waals surface area contributed by atoms with Gasteiger partial charge in [-0.05, 0) is 63.6 Å². The van der Waals surface area contributed by atoms with Crippen molar-refractivity contribution in [3.8, 4) is 0 Å². The van der Waals surface area contributed by atoms with E-state index in [-0.39, 0.29) is 35.0 Å². The Morgan fingerprint density at radius 1 is 1.16 bits per heavy atom. The lowest BCUT2D eigenvalue weighted by atomic mass is 9.73. The number of aliphatic hydroxyl groups is 1. The normalized spacial score (nSPS) is 30.1. The molecule has 31 heavy (non-hydrogen) atoms. The number of rotatable bonds is 4. The van der Waals surface area contributed by atoms with E-state index in [9.17, 15) is 9.90 Å². The molecule has 2 heterocycles. The molecule has 4 atom stereocenters. The summed E-state index contributed by atoms with van der Waals surface area (Å²) in [5.41, 5.74) is 2.10. The van der Waals surface area contributed by atoms with Crippen LogP contribution in [0.5, 0.6) is 0 Å². The number of benzene rings is 1. The highest BCUT2D eigenvalue weighted by Gasteiger charge is 2.46. The van der Waals surface area contributed by atoms with Gasteiger partial charge < -0.3 is 15.2 Å². The molecule has 1 aromatic heterocycles. The minimum Gasteiger partial charge on any atom is -0.393 e. The third kappa shape index (κ3) is 4.68. The molecule has 2 aliphatic rings. The molecule has 1 saturated carbocycles. The van der Waals surface area contributed by atoms with Crippen LogP contribution in [0.2, 0.25) is 0 Å². The number of pyridine rings is 1. The summed E-state index contributed by atoms with van der Waals surface area (Å²) in [6.45, 7) is 6.59. The number of aromatic nitrogens is 1. The Morgan fingerprint density at radius 2 is 1.90 bits per heavy atom. The SMILES string of the molecule is Cc1cccnc1C(=O)NC[C@]1(c2ccccc2)CC[C@H]2[C@H](CC1)OC(C)(C)C[C@@H]2O. The molecule has 2 N–H and O–H groups in total. The highest BCUT2D eigenvalue weighted by Crippen LogP contribution is 2.45. The van der Waals surface area contributed by atoms with Gasteiger partial charge in [0.2, 0.25) is 0 Å². The van der Waals surface area contributed by atoms with Gasteiger partial charge >= 0.3 is 0 Å². The van der Waals surface area contributed by atoms with E-state index in [1.807, 2.05) is 25.1 Å². The fourth-order valence-corrected chi connectivity index (χ4v) is 5.50. The van der Waals surface area contributed by atoms with Crippen LogP contribution in [0.4, 0.5) is 0 Å². The maximum atomic E-state index is 12.9. The van der Waals surface area contributed by atoms with Crippen LogP contribution >= 0.6 is 0 Å². The molecule has 1 aliphatic heterocycles. The first-order valence-corrected chi connectivity index (χ1v) is 11.4. The molecule has 2 fully saturated rings. The molecule has 0 bridgehead atoms. The summed E-state index contributed by atoms with van der Waals surface area (Å²) in [5.74, 6) is 0.0137. The first kappa shape index (κ1) is 22.0. The summed E-state index contributed by atoms with van der Waals surface area (Å²) in [5, 5.41) is 14.0. The molecule has 166 valence electrons. The molecule has 4 rings (SSSR count). The Hall–Kier alpha value is -2.24. The van der Waals surface area contributed by atoms with Crippen molar-refractivity contribution in [3.05, 3.63) is 65.5 Å². The largest absolute Gasteiger partial charge is 0.393 e. The average molecular weight is 423 g/mol. The average Bonchev–Trinajstić information content (AvgIpc) is 2.93. The van der Waals surface area contributed by atoms with Crippen molar-refractivity contribution in [1.29, 1.82) is 0 Å². The van der Waals surface area contributed by atoms with Gasteiger partial charge in [0, 0.05) is 30.5 Å². The van der Waals surface area contributed by atoms with E-state index in [0.29, 0.717) is 18.7 Å². The van der Waals surface area contributed by atoms with Gasteiger partial charge in [0.15, 0.2) is 0 Å². The van der Waals surface area contributed by atoms with E-state index in [0.717, 1.165) is 31.2 Å². The number of amides is 1. The Kier molecular flexibility index (Phi) is 6.18. The van der Waals surface area contributed by atoms with Crippen LogP contribution in [0.15, 0.2) is 48.7 Å². The van der Waals surface area contributed by atoms with Gasteiger partial charge in [-0.1, -0.05) is 36.4 Å². The standard InChI is InChI=1S/C26H34N2O3/c1-18-8-7-15-27-23(18)24(30)28-17-26(19-9-5-4-6-10-19)13-11-20-21(29)16-25(2,3)31-22(20)12-14-26/h4-10,15,20-22,29H,11-14,16-17H2,1-3H3,(H,28,30)/t20-,21+,22+,26+/m1/s1. The molecule has 0 radical (unpaired) electrons. The number of nitrogens with zero attached hydrogens (tertiary/aromatic N) is 1. The first-order chi connectivity index (χ1) is 14.8. The molecule has 0 spiro atoms. The maximum Gasteiger partial charge on any atom is 0.270 e. The molecule has 1 aromatic carbocycles. The van der Waals surface area contributed by atoms with Crippen LogP contribution in [-0.2, 0) is 10.2 Å². The lowest BCUT2D eigenvalue weighted by Gasteiger charge is -2.43. The zero-order valence-electron chi connectivity index (χ0n) is 18.8. The molecule has 0 unspecified atom stereocenters. The van der Waals surface area contributed by atoms with Gasteiger partial charge in [-0.3, -0.25) is 9.78 Å². The lowest BCUT2D eigenvalue weighted by Crippen LogP contribution is -2.48. The van der Waals surface area contributed by atoms with E-state index in [1.54, 1.807) is 6.20 Å². The topological polar surface area (TPSA) is 71.5 Å². The zero-order chi connectivity index (χ0) is 22.1. The molecule has 1 aliphatic carbocycles. The second-order valence-corrected chi connectivity index (χ2v) is 9.93. The Balaban J connectivity index is 1.58. The molecule has 1 saturated heterocycles. The summed E-state index contributed by atoms with van der Waals surface area (Å²) in [6, 6.07) is 14.2. The van der Waals surface area contributed by atoms with Crippen molar-refractivity contribution < 1.29 is 14.6 Å². The minimum absolute atomic E-state index is 0.0538. The third-order valence-corrected chi connectivity index (χ3v) is 7.20. The Labute approximate surface area is 185 Å². The molecule has 1 amide bonds. The summed E-state index contributed by atoms with van der Waals surface area (Å²) in [6.07, 6.45) is 5.61. The predicted molar refractivity (Wildman–Crippen MR) is 121 cm³/mol. The van der Waals surface area contributed by atoms with E-state index in [4.69, 9.17) is 4.74 Å². The number of ether oxygens (including phenoxy) is 1. The molecule has 2 aromatic rings. The quantitative estimate of drug-likeness (QED) is 0.776. The van der Waals surface area contributed by atoms with Gasteiger partial charge in [-0.2, -0.15) is 0 Å². The fraction of sp³-hybridized carbons (Fsp3) is 0.538. The number of aryl methyl sites for hydroxylation is 1. The second kappa shape index (κ2) is 8.71. The number of carbonyl (C=O) groups is 1. The van der Waals surface area contributed by atoms with Gasteiger partial charge in [-0.15, -0.1) is 0 Å². The molecule has 5 nitrogen and oxygen atoms in total. The van der Waals surface area contributed by atoms with Crippen molar-refractivity contribution in [1.82, 2.24) is 10.3 Å². The highest BCUT2D eigenvalue weighted by molar-refractivity contribution is 5.93. The number of aliphatic hydroxyl groups excluding tert-OH is 1. The Morgan fingerprint density at radius 3 is 2.65 bits per heavy atom. The number of hydrogen-bond acceptors (Lipinski definition) is 4. The first-order valence-electron chi connectivity index (χ1n) is 11.4. The number of fused-ring (bicyclic) bond motifs is 1. The molecular formula is C26H34N2O3. The van der Waals surface area contributed by atoms with Crippen molar-refractivity contribution in [2.24, 2.45) is 5.92 Å². The van der Waals surface area contributed by atoms with Crippen LogP contribution in [0.25, 0.3) is 0 Å². The fourth-order valence-electron chi connectivity index (χ4n) is 5.50. The highest BCUT2D eigenvalue weighted by atomic mass is 16.5.